The number of aliphatic hydroxyl groups excluding tert-OH is 4. The van der Waals surface area contributed by atoms with E-state index in [9.17, 15) is 39.6 Å². The number of aliphatic hydroxyl groups is 4. The molecule has 0 fully saturated rings. The van der Waals surface area contributed by atoms with Gasteiger partial charge in [0.2, 0.25) is 0 Å². The zero-order chi connectivity index (χ0) is 56.9. The highest BCUT2D eigenvalue weighted by molar-refractivity contribution is 7.09. The fourth-order valence-electron chi connectivity index (χ4n) is 9.58. The van der Waals surface area contributed by atoms with Crippen molar-refractivity contribution in [3.05, 3.63) is 78.8 Å². The van der Waals surface area contributed by atoms with Gasteiger partial charge in [0.1, 0.15) is 23.8 Å². The van der Waals surface area contributed by atoms with Gasteiger partial charge in [-0.3, -0.25) is 19.2 Å². The molecule has 2 aromatic rings. The Labute approximate surface area is 472 Å². The number of aromatic nitrogens is 2. The summed E-state index contributed by atoms with van der Waals surface area (Å²) < 4.78 is 11.7. The number of thiazole rings is 2. The average Bonchev–Trinajstić information content (AvgIpc) is 3.98. The molecular formula is C60H90Cl2N2O10S2. The van der Waals surface area contributed by atoms with E-state index in [4.69, 9.17) is 32.7 Å². The van der Waals surface area contributed by atoms with E-state index in [0.717, 1.165) is 70.2 Å². The number of hydrogen-bond donors (Lipinski definition) is 4. The van der Waals surface area contributed by atoms with Crippen molar-refractivity contribution in [1.82, 2.24) is 9.97 Å². The van der Waals surface area contributed by atoms with E-state index in [2.05, 4.69) is 29.0 Å². The molecule has 4 rings (SSSR count). The Morgan fingerprint density at radius 2 is 1.12 bits per heavy atom. The number of ether oxygens (including phenoxy) is 2. The number of unbranched alkanes of at least 4 members (excludes halogenated alkanes) is 2. The number of hydrogen-bond acceptors (Lipinski definition) is 14. The maximum atomic E-state index is 13.7. The molecule has 2 aliphatic heterocycles. The van der Waals surface area contributed by atoms with E-state index in [1.807, 2.05) is 83.5 Å². The molecule has 426 valence electrons. The Morgan fingerprint density at radius 3 is 1.54 bits per heavy atom. The molecule has 0 bridgehead atoms. The number of alkyl halides is 2. The normalized spacial score (nSPS) is 30.2. The first kappa shape index (κ1) is 66.9. The lowest BCUT2D eigenvalue weighted by molar-refractivity contribution is -0.156. The van der Waals surface area contributed by atoms with Crippen molar-refractivity contribution >= 4 is 81.5 Å². The minimum atomic E-state index is -1.26. The van der Waals surface area contributed by atoms with Gasteiger partial charge in [0.15, 0.2) is 0 Å². The van der Waals surface area contributed by atoms with E-state index >= 15 is 0 Å². The van der Waals surface area contributed by atoms with Gasteiger partial charge < -0.3 is 29.9 Å². The second-order valence-electron chi connectivity index (χ2n) is 22.4. The molecule has 0 saturated carbocycles. The predicted octanol–water partition coefficient (Wildman–Crippen LogP) is 13.1. The standard InChI is InChI=1S/C30H46ClNO5S.C30H44ClNO5S/c2*1-19-10-9-11-20(2)28(35)24(12-7-8-15-31)29(36)30(5,6)26(33)17-27(34)37-25(14-13-19)21(3)16-23-18-38-22(4)32-23/h13,16,18,20,24-26,28,33,35H,7-12,14-15,17H2,1-6H3;9,11,13,16,18,20,24-26,28,33,35H,7-8,10,12,14-15,17H2,1-6H3/b19-13-,21-16+;11-9+,19-13-,21-16+/t2*20-,24+,25-,26-,28-/m00/s1. The third-order valence-electron chi connectivity index (χ3n) is 15.1. The number of halogens is 2. The highest BCUT2D eigenvalue weighted by atomic mass is 35.5. The number of aryl methyl sites for hydroxylation is 2. The van der Waals surface area contributed by atoms with Crippen LogP contribution in [0.5, 0.6) is 0 Å². The third-order valence-corrected chi connectivity index (χ3v) is 17.3. The lowest BCUT2D eigenvalue weighted by Gasteiger charge is -2.36. The number of cyclic esters (lactones) is 2. The highest BCUT2D eigenvalue weighted by Crippen LogP contribution is 2.37. The molecule has 0 unspecified atom stereocenters. The second-order valence-corrected chi connectivity index (χ2v) is 25.3. The maximum absolute atomic E-state index is 13.7. The summed E-state index contributed by atoms with van der Waals surface area (Å²) in [6.45, 7) is 22.3. The van der Waals surface area contributed by atoms with Crippen LogP contribution in [0.4, 0.5) is 0 Å². The lowest BCUT2D eigenvalue weighted by Crippen LogP contribution is -2.46. The fourth-order valence-corrected chi connectivity index (χ4v) is 11.1. The van der Waals surface area contributed by atoms with Crippen LogP contribution in [0, 0.1) is 48.3 Å². The third kappa shape index (κ3) is 21.4. The Balaban J connectivity index is 0.000000400. The molecule has 0 amide bonds. The molecule has 10 atom stereocenters. The quantitative estimate of drug-likeness (QED) is 0.0681. The van der Waals surface area contributed by atoms with Crippen LogP contribution in [-0.4, -0.2) is 102 Å². The van der Waals surface area contributed by atoms with Crippen LogP contribution in [0.15, 0.2) is 57.4 Å². The van der Waals surface area contributed by atoms with Crippen molar-refractivity contribution in [2.75, 3.05) is 11.8 Å². The van der Waals surface area contributed by atoms with Crippen LogP contribution >= 0.6 is 45.9 Å². The van der Waals surface area contributed by atoms with Crippen LogP contribution in [0.1, 0.15) is 181 Å². The Kier molecular flexibility index (Phi) is 28.8. The topological polar surface area (TPSA) is 193 Å². The van der Waals surface area contributed by atoms with Crippen LogP contribution < -0.4 is 0 Å². The van der Waals surface area contributed by atoms with Gasteiger partial charge in [-0.25, -0.2) is 9.97 Å². The molecule has 2 aromatic heterocycles. The Bertz CT molecular complexity index is 2330. The van der Waals surface area contributed by atoms with Gasteiger partial charge in [0.05, 0.1) is 69.5 Å². The molecule has 0 radical (unpaired) electrons. The summed E-state index contributed by atoms with van der Waals surface area (Å²) in [6, 6.07) is 0. The summed E-state index contributed by atoms with van der Waals surface area (Å²) in [5, 5.41) is 50.4. The monoisotopic (exact) mass is 1130 g/mol. The van der Waals surface area contributed by atoms with E-state index in [0.29, 0.717) is 56.7 Å². The lowest BCUT2D eigenvalue weighted by atomic mass is 9.71. The number of ketones is 2. The number of esters is 2. The first-order chi connectivity index (χ1) is 35.7. The van der Waals surface area contributed by atoms with Crippen molar-refractivity contribution in [2.45, 2.75) is 210 Å². The van der Waals surface area contributed by atoms with Crippen LogP contribution in [0.25, 0.3) is 12.2 Å². The van der Waals surface area contributed by atoms with Crippen molar-refractivity contribution in [3.63, 3.8) is 0 Å². The molecule has 76 heavy (non-hydrogen) atoms. The summed E-state index contributed by atoms with van der Waals surface area (Å²) in [6.07, 6.45) is 14.2. The summed E-state index contributed by atoms with van der Waals surface area (Å²) in [4.78, 5) is 62.4. The first-order valence-corrected chi connectivity index (χ1v) is 30.1. The van der Waals surface area contributed by atoms with Crippen molar-refractivity contribution in [1.29, 1.82) is 0 Å². The average molecular weight is 1130 g/mol. The number of carbonyl (C=O) groups is 4. The highest BCUT2D eigenvalue weighted by Gasteiger charge is 2.45. The minimum Gasteiger partial charge on any atom is -0.457 e. The Morgan fingerprint density at radius 1 is 0.684 bits per heavy atom. The van der Waals surface area contributed by atoms with Crippen LogP contribution in [0.3, 0.4) is 0 Å². The molecule has 12 nitrogen and oxygen atoms in total. The van der Waals surface area contributed by atoms with E-state index in [1.165, 1.54) is 5.57 Å². The zero-order valence-electron chi connectivity index (χ0n) is 47.4. The van der Waals surface area contributed by atoms with Crippen LogP contribution in [0.2, 0.25) is 0 Å². The number of allylic oxidation sites excluding steroid dienone is 3. The molecule has 2 aliphatic rings. The molecule has 0 saturated heterocycles. The van der Waals surface area contributed by atoms with Gasteiger partial charge in [-0.2, -0.15) is 0 Å². The van der Waals surface area contributed by atoms with Crippen molar-refractivity contribution < 1.29 is 49.1 Å². The summed E-state index contributed by atoms with van der Waals surface area (Å²) in [7, 11) is 0. The second kappa shape index (κ2) is 32.7. The van der Waals surface area contributed by atoms with E-state index in [1.54, 1.807) is 50.4 Å². The van der Waals surface area contributed by atoms with Crippen molar-refractivity contribution in [2.24, 2.45) is 34.5 Å². The zero-order valence-corrected chi connectivity index (χ0v) is 50.6. The molecule has 16 heteroatoms. The number of rotatable bonds is 12. The first-order valence-electron chi connectivity index (χ1n) is 27.2. The van der Waals surface area contributed by atoms with E-state index < -0.39 is 71.2 Å². The SMILES string of the molecule is C/C1=C/C[C@@H](/C(C)=C/c2csc(C)n2)OC(=O)C[C@H](O)C(C)(C)C(=O)[C@H](CCCCCl)[C@@H](O)[C@@H](C)/C=C/C1.C/C1=C/C[C@@H](/C(C)=C/c2csc(C)n2)OC(=O)C[C@H](O)C(C)(C)C(=O)[C@H](CCCCCl)[C@@H](O)[C@@H](C)CCC1. The molecular weight excluding hydrogens is 1040 g/mol. The molecule has 0 aliphatic carbocycles. The Hall–Kier alpha value is -3.34. The summed E-state index contributed by atoms with van der Waals surface area (Å²) in [5.41, 5.74) is 3.18. The van der Waals surface area contributed by atoms with Gasteiger partial charge >= 0.3 is 11.9 Å². The molecule has 0 spiro atoms. The van der Waals surface area contributed by atoms with Gasteiger partial charge in [0.25, 0.3) is 0 Å². The number of carbonyl (C=O) groups excluding carboxylic acids is 4. The maximum Gasteiger partial charge on any atom is 0.309 e. The predicted molar refractivity (Wildman–Crippen MR) is 310 cm³/mol. The molecule has 0 aromatic carbocycles. The van der Waals surface area contributed by atoms with E-state index in [-0.39, 0.29) is 36.2 Å². The summed E-state index contributed by atoms with van der Waals surface area (Å²) in [5.74, 6) is -2.26. The summed E-state index contributed by atoms with van der Waals surface area (Å²) >= 11 is 14.8. The van der Waals surface area contributed by atoms with Gasteiger partial charge in [-0.05, 0) is 122 Å². The molecule has 4 heterocycles. The fraction of sp³-hybridized carbons (Fsp3) is 0.667. The van der Waals surface area contributed by atoms with Crippen LogP contribution in [-0.2, 0) is 28.7 Å². The largest absolute Gasteiger partial charge is 0.457 e. The molecule has 4 N–H and O–H groups in total. The number of Topliss-reactive ketones (excluding diaryl/α,β-unsaturated/α-hetero) is 2. The van der Waals surface area contributed by atoms with Gasteiger partial charge in [-0.1, -0.05) is 89.8 Å². The minimum absolute atomic E-state index is 0.0712. The van der Waals surface area contributed by atoms with Crippen molar-refractivity contribution in [3.8, 4) is 0 Å². The van der Waals surface area contributed by atoms with Gasteiger partial charge in [-0.15, -0.1) is 45.9 Å². The number of nitrogens with zero attached hydrogens (tertiary/aromatic N) is 2. The smallest absolute Gasteiger partial charge is 0.309 e. The van der Waals surface area contributed by atoms with Gasteiger partial charge in [0, 0.05) is 53.1 Å².